The average Bonchev–Trinajstić information content (AvgIpc) is 3.28. The number of ether oxygens (including phenoxy) is 2. The first-order valence-electron chi connectivity index (χ1n) is 9.93. The third-order valence-corrected chi connectivity index (χ3v) is 7.07. The lowest BCUT2D eigenvalue weighted by Gasteiger charge is -2.32. The van der Waals surface area contributed by atoms with Gasteiger partial charge >= 0.3 is 5.97 Å². The van der Waals surface area contributed by atoms with Crippen LogP contribution in [0.2, 0.25) is 0 Å². The molecule has 1 amide bonds. The Morgan fingerprint density at radius 2 is 1.72 bits per heavy atom. The van der Waals surface area contributed by atoms with Gasteiger partial charge in [-0.1, -0.05) is 42.5 Å². The van der Waals surface area contributed by atoms with Crippen molar-refractivity contribution in [3.8, 4) is 5.75 Å². The van der Waals surface area contributed by atoms with Crippen LogP contribution in [0.4, 0.5) is 0 Å². The van der Waals surface area contributed by atoms with Gasteiger partial charge in [-0.2, -0.15) is 0 Å². The van der Waals surface area contributed by atoms with Crippen LogP contribution in [0, 0.1) is 10.8 Å². The molecule has 0 aromatic heterocycles. The SMILES string of the molecule is O=C1Oc2ccccc2[C@H]2[C@]1(C(=O)N1CCOCC1)[C@@]21Cc2ccccc2C1=O. The molecule has 4 aliphatic rings. The number of carbonyl (C=O) groups is 3. The molecule has 2 aliphatic heterocycles. The van der Waals surface area contributed by atoms with Crippen LogP contribution in [0.15, 0.2) is 48.5 Å². The predicted molar refractivity (Wildman–Crippen MR) is 102 cm³/mol. The minimum atomic E-state index is -1.49. The lowest BCUT2D eigenvalue weighted by molar-refractivity contribution is -0.156. The van der Waals surface area contributed by atoms with E-state index >= 15 is 0 Å². The number of fused-ring (bicyclic) bond motifs is 6. The summed E-state index contributed by atoms with van der Waals surface area (Å²) in [6.07, 6.45) is 0.381. The van der Waals surface area contributed by atoms with Crippen LogP contribution < -0.4 is 4.74 Å². The number of para-hydroxylation sites is 1. The normalized spacial score (nSPS) is 31.7. The zero-order valence-corrected chi connectivity index (χ0v) is 15.7. The molecular formula is C23H19NO5. The molecule has 2 heterocycles. The van der Waals surface area contributed by atoms with E-state index in [0.717, 1.165) is 11.1 Å². The van der Waals surface area contributed by atoms with Gasteiger partial charge in [-0.15, -0.1) is 0 Å². The van der Waals surface area contributed by atoms with Gasteiger partial charge in [0.2, 0.25) is 5.91 Å². The third-order valence-electron chi connectivity index (χ3n) is 7.07. The number of hydrogen-bond acceptors (Lipinski definition) is 5. The Morgan fingerprint density at radius 3 is 2.52 bits per heavy atom. The van der Waals surface area contributed by atoms with Crippen LogP contribution >= 0.6 is 0 Å². The first-order chi connectivity index (χ1) is 14.1. The lowest BCUT2D eigenvalue weighted by Crippen LogP contribution is -2.51. The molecule has 2 fully saturated rings. The van der Waals surface area contributed by atoms with Gasteiger partial charge in [0.25, 0.3) is 0 Å². The van der Waals surface area contributed by atoms with Crippen molar-refractivity contribution < 1.29 is 23.9 Å². The number of nitrogens with zero attached hydrogens (tertiary/aromatic N) is 1. The Balaban J connectivity index is 1.56. The monoisotopic (exact) mass is 389 g/mol. The number of hydrogen-bond donors (Lipinski definition) is 0. The number of Topliss-reactive ketones (excluding diaryl/α,β-unsaturated/α-hetero) is 1. The molecule has 2 aromatic rings. The molecule has 29 heavy (non-hydrogen) atoms. The molecule has 1 saturated heterocycles. The summed E-state index contributed by atoms with van der Waals surface area (Å²) in [6.45, 7) is 1.69. The Bertz CT molecular complexity index is 1090. The van der Waals surface area contributed by atoms with E-state index in [1.165, 1.54) is 0 Å². The second-order valence-corrected chi connectivity index (χ2v) is 8.21. The van der Waals surface area contributed by atoms with E-state index < -0.39 is 22.7 Å². The Labute approximate surface area is 167 Å². The topological polar surface area (TPSA) is 72.9 Å². The van der Waals surface area contributed by atoms with Crippen molar-refractivity contribution >= 4 is 17.7 Å². The zero-order valence-electron chi connectivity index (χ0n) is 15.7. The highest BCUT2D eigenvalue weighted by molar-refractivity contribution is 6.23. The van der Waals surface area contributed by atoms with Gasteiger partial charge in [-0.05, 0) is 18.1 Å². The van der Waals surface area contributed by atoms with Crippen LogP contribution in [-0.2, 0) is 20.7 Å². The quantitative estimate of drug-likeness (QED) is 0.424. The predicted octanol–water partition coefficient (Wildman–Crippen LogP) is 1.97. The van der Waals surface area contributed by atoms with Gasteiger partial charge < -0.3 is 14.4 Å². The van der Waals surface area contributed by atoms with E-state index in [1.54, 1.807) is 23.1 Å². The molecular weight excluding hydrogens is 370 g/mol. The van der Waals surface area contributed by atoms with Crippen molar-refractivity contribution in [1.29, 1.82) is 0 Å². The molecule has 6 nitrogen and oxygen atoms in total. The molecule has 1 saturated carbocycles. The van der Waals surface area contributed by atoms with Crippen molar-refractivity contribution in [1.82, 2.24) is 4.90 Å². The smallest absolute Gasteiger partial charge is 0.328 e. The summed E-state index contributed by atoms with van der Waals surface area (Å²) >= 11 is 0. The van der Waals surface area contributed by atoms with Crippen molar-refractivity contribution in [2.75, 3.05) is 26.3 Å². The van der Waals surface area contributed by atoms with Crippen molar-refractivity contribution in [2.24, 2.45) is 10.8 Å². The summed E-state index contributed by atoms with van der Waals surface area (Å²) in [5, 5.41) is 0. The molecule has 6 rings (SSSR count). The van der Waals surface area contributed by atoms with Crippen molar-refractivity contribution in [2.45, 2.75) is 12.3 Å². The molecule has 2 aromatic carbocycles. The number of esters is 1. The lowest BCUT2D eigenvalue weighted by atomic mass is 9.87. The van der Waals surface area contributed by atoms with Gasteiger partial charge in [0.05, 0.1) is 18.6 Å². The Kier molecular flexibility index (Phi) is 3.23. The van der Waals surface area contributed by atoms with E-state index in [9.17, 15) is 14.4 Å². The Hall–Kier alpha value is -2.99. The summed E-state index contributed by atoms with van der Waals surface area (Å²) in [4.78, 5) is 42.6. The molecule has 6 heteroatoms. The number of morpholine rings is 1. The van der Waals surface area contributed by atoms with Crippen LogP contribution in [0.1, 0.15) is 27.4 Å². The number of amides is 1. The molecule has 1 spiro atoms. The second-order valence-electron chi connectivity index (χ2n) is 8.21. The first-order valence-corrected chi connectivity index (χ1v) is 9.93. The number of ketones is 1. The molecule has 3 atom stereocenters. The maximum absolute atomic E-state index is 13.8. The van der Waals surface area contributed by atoms with E-state index in [4.69, 9.17) is 9.47 Å². The van der Waals surface area contributed by atoms with E-state index in [2.05, 4.69) is 0 Å². The molecule has 146 valence electrons. The minimum absolute atomic E-state index is 0.117. The largest absolute Gasteiger partial charge is 0.425 e. The van der Waals surface area contributed by atoms with Crippen molar-refractivity contribution in [3.05, 3.63) is 65.2 Å². The molecule has 0 radical (unpaired) electrons. The summed E-state index contributed by atoms with van der Waals surface area (Å²) in [5.74, 6) is -1.06. The van der Waals surface area contributed by atoms with Gasteiger partial charge in [0.1, 0.15) is 5.75 Å². The van der Waals surface area contributed by atoms with Gasteiger partial charge in [-0.25, -0.2) is 0 Å². The fraction of sp³-hybridized carbons (Fsp3) is 0.348. The summed E-state index contributed by atoms with van der Waals surface area (Å²) < 4.78 is 11.0. The van der Waals surface area contributed by atoms with Crippen LogP contribution in [0.3, 0.4) is 0 Å². The van der Waals surface area contributed by atoms with Crippen LogP contribution in [-0.4, -0.2) is 48.9 Å². The maximum Gasteiger partial charge on any atom is 0.328 e. The molecule has 0 N–H and O–H groups in total. The summed E-state index contributed by atoms with van der Waals surface area (Å²) in [7, 11) is 0. The maximum atomic E-state index is 13.8. The third kappa shape index (κ3) is 1.83. The fourth-order valence-electron chi connectivity index (χ4n) is 5.81. The second kappa shape index (κ2) is 5.54. The fourth-order valence-corrected chi connectivity index (χ4v) is 5.81. The van der Waals surface area contributed by atoms with E-state index in [1.807, 2.05) is 30.3 Å². The molecule has 0 bridgehead atoms. The highest BCUT2D eigenvalue weighted by atomic mass is 16.5. The van der Waals surface area contributed by atoms with E-state index in [0.29, 0.717) is 44.0 Å². The summed E-state index contributed by atoms with van der Waals surface area (Å²) in [6, 6.07) is 14.7. The number of benzene rings is 2. The highest BCUT2D eigenvalue weighted by Crippen LogP contribution is 2.81. The average molecular weight is 389 g/mol. The van der Waals surface area contributed by atoms with Crippen LogP contribution in [0.25, 0.3) is 0 Å². The highest BCUT2D eigenvalue weighted by Gasteiger charge is 2.91. The summed E-state index contributed by atoms with van der Waals surface area (Å²) in [5.41, 5.74) is -0.313. The molecule has 2 aliphatic carbocycles. The zero-order chi connectivity index (χ0) is 19.8. The van der Waals surface area contributed by atoms with Crippen LogP contribution in [0.5, 0.6) is 5.75 Å². The van der Waals surface area contributed by atoms with E-state index in [-0.39, 0.29) is 11.7 Å². The first kappa shape index (κ1) is 16.9. The standard InChI is InChI=1S/C23H19NO5/c25-19-15-6-2-1-5-14(15)13-22(19)18-16-7-3-4-8-17(16)29-21(27)23(18,22)20(26)24-9-11-28-12-10-24/h1-8,18H,9-13H2/t18-,22+,23-/m1/s1. The number of carbonyl (C=O) groups excluding carboxylic acids is 3. The van der Waals surface area contributed by atoms with Gasteiger partial charge in [-0.3, -0.25) is 14.4 Å². The Morgan fingerprint density at radius 1 is 1.00 bits per heavy atom. The van der Waals surface area contributed by atoms with Crippen molar-refractivity contribution in [3.63, 3.8) is 0 Å². The minimum Gasteiger partial charge on any atom is -0.425 e. The number of rotatable bonds is 1. The van der Waals surface area contributed by atoms with Gasteiger partial charge in [0.15, 0.2) is 11.2 Å². The van der Waals surface area contributed by atoms with Gasteiger partial charge in [0, 0.05) is 30.1 Å². The molecule has 0 unspecified atom stereocenters.